The van der Waals surface area contributed by atoms with Crippen molar-refractivity contribution in [1.29, 1.82) is 0 Å². The standard InChI is InChI=1S/C17H22N4O3/c1-5-10-24-16-8-6-15(7-9-16)11-19(4)12-20-14(3)17(21(22)23)13(2)18-20/h5-9H,1,10-12H2,2-4H3. The lowest BCUT2D eigenvalue weighted by atomic mass is 10.2. The predicted octanol–water partition coefficient (Wildman–Crippen LogP) is 3.06. The lowest BCUT2D eigenvalue weighted by Gasteiger charge is -2.17. The molecule has 0 unspecified atom stereocenters. The zero-order valence-electron chi connectivity index (χ0n) is 14.2. The first-order chi connectivity index (χ1) is 11.4. The zero-order valence-corrected chi connectivity index (χ0v) is 14.2. The molecular weight excluding hydrogens is 308 g/mol. The third-order valence-electron chi connectivity index (χ3n) is 3.64. The van der Waals surface area contributed by atoms with Gasteiger partial charge in [-0.3, -0.25) is 15.0 Å². The van der Waals surface area contributed by atoms with Crippen LogP contribution in [-0.2, 0) is 13.2 Å². The van der Waals surface area contributed by atoms with E-state index in [2.05, 4.69) is 11.7 Å². The minimum atomic E-state index is -0.379. The third kappa shape index (κ3) is 4.20. The second-order valence-electron chi connectivity index (χ2n) is 5.68. The van der Waals surface area contributed by atoms with Crippen molar-refractivity contribution in [3.63, 3.8) is 0 Å². The quantitative estimate of drug-likeness (QED) is 0.422. The SMILES string of the molecule is C=CCOc1ccc(CN(C)Cn2nc(C)c([N+](=O)[O-])c2C)cc1. The summed E-state index contributed by atoms with van der Waals surface area (Å²) in [6.07, 6.45) is 1.70. The fourth-order valence-corrected chi connectivity index (χ4v) is 2.53. The fraction of sp³-hybridized carbons (Fsp3) is 0.353. The van der Waals surface area contributed by atoms with Crippen molar-refractivity contribution in [2.24, 2.45) is 0 Å². The van der Waals surface area contributed by atoms with Crippen LogP contribution in [-0.4, -0.2) is 33.3 Å². The number of aromatic nitrogens is 2. The van der Waals surface area contributed by atoms with Gasteiger partial charge in [0.25, 0.3) is 0 Å². The number of hydrogen-bond acceptors (Lipinski definition) is 5. The summed E-state index contributed by atoms with van der Waals surface area (Å²) in [4.78, 5) is 12.7. The van der Waals surface area contributed by atoms with Crippen LogP contribution in [0.2, 0.25) is 0 Å². The Morgan fingerprint density at radius 2 is 2.04 bits per heavy atom. The highest BCUT2D eigenvalue weighted by atomic mass is 16.6. The topological polar surface area (TPSA) is 73.4 Å². The number of aryl methyl sites for hydroxylation is 1. The maximum atomic E-state index is 11.1. The van der Waals surface area contributed by atoms with Crippen LogP contribution in [0.15, 0.2) is 36.9 Å². The van der Waals surface area contributed by atoms with Crippen molar-refractivity contribution in [3.05, 3.63) is 64.0 Å². The molecule has 128 valence electrons. The van der Waals surface area contributed by atoms with Crippen molar-refractivity contribution >= 4 is 5.69 Å². The van der Waals surface area contributed by atoms with Crippen molar-refractivity contribution in [2.75, 3.05) is 13.7 Å². The Hall–Kier alpha value is -2.67. The number of benzene rings is 1. The number of nitro groups is 1. The van der Waals surface area contributed by atoms with E-state index in [1.165, 1.54) is 0 Å². The van der Waals surface area contributed by atoms with E-state index in [4.69, 9.17) is 4.74 Å². The van der Waals surface area contributed by atoms with Gasteiger partial charge in [-0.1, -0.05) is 24.8 Å². The van der Waals surface area contributed by atoms with Gasteiger partial charge in [-0.25, -0.2) is 4.68 Å². The predicted molar refractivity (Wildman–Crippen MR) is 92.0 cm³/mol. The average Bonchev–Trinajstić information content (AvgIpc) is 2.80. The minimum absolute atomic E-state index is 0.0899. The van der Waals surface area contributed by atoms with Gasteiger partial charge >= 0.3 is 5.69 Å². The Bertz CT molecular complexity index is 722. The maximum Gasteiger partial charge on any atom is 0.312 e. The highest BCUT2D eigenvalue weighted by Crippen LogP contribution is 2.22. The molecule has 1 aromatic carbocycles. The fourth-order valence-electron chi connectivity index (χ4n) is 2.53. The smallest absolute Gasteiger partial charge is 0.312 e. The number of hydrogen-bond donors (Lipinski definition) is 0. The van der Waals surface area contributed by atoms with E-state index in [1.54, 1.807) is 24.6 Å². The van der Waals surface area contributed by atoms with Crippen molar-refractivity contribution < 1.29 is 9.66 Å². The summed E-state index contributed by atoms with van der Waals surface area (Å²) in [5.41, 5.74) is 2.22. The number of nitrogens with zero attached hydrogens (tertiary/aromatic N) is 4. The Kier molecular flexibility index (Phi) is 5.70. The largest absolute Gasteiger partial charge is 0.490 e. The summed E-state index contributed by atoms with van der Waals surface area (Å²) in [7, 11) is 1.95. The maximum absolute atomic E-state index is 11.1. The summed E-state index contributed by atoms with van der Waals surface area (Å²) >= 11 is 0. The molecule has 0 aliphatic carbocycles. The van der Waals surface area contributed by atoms with Crippen molar-refractivity contribution in [3.8, 4) is 5.75 Å². The molecule has 24 heavy (non-hydrogen) atoms. The molecule has 1 aromatic heterocycles. The van der Waals surface area contributed by atoms with E-state index in [9.17, 15) is 10.1 Å². The van der Waals surface area contributed by atoms with Crippen LogP contribution in [0.4, 0.5) is 5.69 Å². The lowest BCUT2D eigenvalue weighted by molar-refractivity contribution is -0.386. The second kappa shape index (κ2) is 7.74. The summed E-state index contributed by atoms with van der Waals surface area (Å²) in [6.45, 7) is 8.66. The number of ether oxygens (including phenoxy) is 1. The van der Waals surface area contributed by atoms with Crippen LogP contribution < -0.4 is 4.74 Å². The molecule has 1 heterocycles. The molecule has 0 radical (unpaired) electrons. The van der Waals surface area contributed by atoms with Gasteiger partial charge in [0.2, 0.25) is 0 Å². The van der Waals surface area contributed by atoms with E-state index in [0.717, 1.165) is 11.3 Å². The Labute approximate surface area is 141 Å². The van der Waals surface area contributed by atoms with Crippen molar-refractivity contribution in [2.45, 2.75) is 27.1 Å². The molecule has 0 spiro atoms. The van der Waals surface area contributed by atoms with Gasteiger partial charge in [-0.05, 0) is 38.6 Å². The van der Waals surface area contributed by atoms with E-state index < -0.39 is 0 Å². The van der Waals surface area contributed by atoms with E-state index in [1.807, 2.05) is 36.2 Å². The molecule has 0 aliphatic rings. The lowest BCUT2D eigenvalue weighted by Crippen LogP contribution is -2.23. The van der Waals surface area contributed by atoms with E-state index in [0.29, 0.717) is 31.2 Å². The number of rotatable bonds is 8. The van der Waals surface area contributed by atoms with E-state index >= 15 is 0 Å². The molecule has 0 aliphatic heterocycles. The highest BCUT2D eigenvalue weighted by molar-refractivity contribution is 5.39. The second-order valence-corrected chi connectivity index (χ2v) is 5.68. The van der Waals surface area contributed by atoms with Gasteiger partial charge < -0.3 is 4.74 Å². The summed E-state index contributed by atoms with van der Waals surface area (Å²) in [5.74, 6) is 0.801. The molecule has 0 saturated heterocycles. The summed E-state index contributed by atoms with van der Waals surface area (Å²) in [6, 6.07) is 7.83. The van der Waals surface area contributed by atoms with Gasteiger partial charge in [0.1, 0.15) is 23.7 Å². The molecule has 0 amide bonds. The highest BCUT2D eigenvalue weighted by Gasteiger charge is 2.22. The van der Waals surface area contributed by atoms with E-state index in [-0.39, 0.29) is 10.6 Å². The molecule has 2 rings (SSSR count). The van der Waals surface area contributed by atoms with Gasteiger partial charge in [-0.2, -0.15) is 5.10 Å². The molecule has 0 atom stereocenters. The van der Waals surface area contributed by atoms with Crippen molar-refractivity contribution in [1.82, 2.24) is 14.7 Å². The first-order valence-electron chi connectivity index (χ1n) is 7.62. The van der Waals surface area contributed by atoms with Gasteiger partial charge in [0.15, 0.2) is 0 Å². The molecule has 2 aromatic rings. The normalized spacial score (nSPS) is 10.8. The minimum Gasteiger partial charge on any atom is -0.490 e. The molecule has 7 heteroatoms. The van der Waals surface area contributed by atoms with Gasteiger partial charge in [0, 0.05) is 6.54 Å². The summed E-state index contributed by atoms with van der Waals surface area (Å²) < 4.78 is 7.12. The molecule has 0 saturated carbocycles. The molecular formula is C17H22N4O3. The first-order valence-corrected chi connectivity index (χ1v) is 7.62. The van der Waals surface area contributed by atoms with Gasteiger partial charge in [-0.15, -0.1) is 0 Å². The van der Waals surface area contributed by atoms with Gasteiger partial charge in [0.05, 0.1) is 11.6 Å². The van der Waals surface area contributed by atoms with Crippen LogP contribution >= 0.6 is 0 Å². The zero-order chi connectivity index (χ0) is 17.7. The average molecular weight is 330 g/mol. The van der Waals surface area contributed by atoms with Crippen LogP contribution in [0.1, 0.15) is 17.0 Å². The summed E-state index contributed by atoms with van der Waals surface area (Å²) in [5, 5.41) is 15.3. The van der Waals surface area contributed by atoms with Crippen LogP contribution in [0, 0.1) is 24.0 Å². The van der Waals surface area contributed by atoms with Crippen LogP contribution in [0.3, 0.4) is 0 Å². The Morgan fingerprint density at radius 3 is 2.58 bits per heavy atom. The molecule has 7 nitrogen and oxygen atoms in total. The van der Waals surface area contributed by atoms with Crippen LogP contribution in [0.25, 0.3) is 0 Å². The Balaban J connectivity index is 2.00. The first kappa shape index (κ1) is 17.7. The molecule has 0 bridgehead atoms. The Morgan fingerprint density at radius 1 is 1.38 bits per heavy atom. The molecule has 0 fully saturated rings. The molecule has 0 N–H and O–H groups in total. The van der Waals surface area contributed by atoms with Crippen LogP contribution in [0.5, 0.6) is 5.75 Å². The third-order valence-corrected chi connectivity index (χ3v) is 3.64. The monoisotopic (exact) mass is 330 g/mol.